The molecule has 0 aromatic heterocycles. The van der Waals surface area contributed by atoms with Crippen LogP contribution in [0.1, 0.15) is 78.9 Å². The third-order valence-corrected chi connectivity index (χ3v) is 11.8. The summed E-state index contributed by atoms with van der Waals surface area (Å²) in [5.74, 6) is -0.449. The van der Waals surface area contributed by atoms with Gasteiger partial charge in [0.2, 0.25) is 0 Å². The highest BCUT2D eigenvalue weighted by molar-refractivity contribution is 5.90. The Bertz CT molecular complexity index is 2120. The minimum Gasteiger partial charge on any atom is -0.508 e. The Labute approximate surface area is 351 Å². The number of fused-ring (bicyclic) bond motifs is 7. The average Bonchev–Trinajstić information content (AvgIpc) is 3.81. The van der Waals surface area contributed by atoms with Gasteiger partial charge in [-0.25, -0.2) is 0 Å². The maximum atomic E-state index is 12.1. The zero-order valence-electron chi connectivity index (χ0n) is 34.0. The van der Waals surface area contributed by atoms with Gasteiger partial charge in [-0.15, -0.1) is 0 Å². The van der Waals surface area contributed by atoms with E-state index in [4.69, 9.17) is 53.8 Å². The first-order valence-electron chi connectivity index (χ1n) is 20.5. The van der Waals surface area contributed by atoms with Gasteiger partial charge >= 0.3 is 11.9 Å². The summed E-state index contributed by atoms with van der Waals surface area (Å²) in [5.41, 5.74) is 8.09. The molecule has 10 atom stereocenters. The number of carbonyl (C=O) groups excluding carboxylic acids is 1. The predicted octanol–water partition coefficient (Wildman–Crippen LogP) is 2.29. The van der Waals surface area contributed by atoms with Crippen LogP contribution >= 0.6 is 0 Å². The lowest BCUT2D eigenvalue weighted by Crippen LogP contribution is -2.69. The summed E-state index contributed by atoms with van der Waals surface area (Å²) >= 11 is 0. The van der Waals surface area contributed by atoms with Crippen LogP contribution in [0.15, 0.2) is 42.5 Å². The van der Waals surface area contributed by atoms with Crippen LogP contribution in [0.4, 0.5) is 0 Å². The number of benzene rings is 3. The molecule has 0 saturated carbocycles. The Morgan fingerprint density at radius 3 is 2.54 bits per heavy atom. The van der Waals surface area contributed by atoms with E-state index in [-0.39, 0.29) is 56.0 Å². The lowest BCUT2D eigenvalue weighted by molar-refractivity contribution is -0.422. The number of aliphatic hydroxyl groups is 3. The molecule has 8 rings (SSSR count). The number of aliphatic carboxylic acids is 1. The van der Waals surface area contributed by atoms with Crippen molar-refractivity contribution in [3.8, 4) is 34.5 Å². The molecule has 8 N–H and O–H groups in total. The van der Waals surface area contributed by atoms with Crippen molar-refractivity contribution in [3.05, 3.63) is 70.3 Å². The van der Waals surface area contributed by atoms with E-state index < -0.39 is 79.5 Å². The lowest BCUT2D eigenvalue weighted by Gasteiger charge is -2.50. The summed E-state index contributed by atoms with van der Waals surface area (Å²) in [7, 11) is 1.72. The number of carboxylic acids is 1. The molecule has 3 aromatic rings. The number of aromatic hydroxyl groups is 1. The van der Waals surface area contributed by atoms with Crippen LogP contribution in [0, 0.1) is 5.92 Å². The number of esters is 1. The first-order chi connectivity index (χ1) is 29.3. The van der Waals surface area contributed by atoms with Crippen molar-refractivity contribution in [2.75, 3.05) is 40.0 Å². The maximum absolute atomic E-state index is 12.1. The number of ether oxygens (including phenoxy) is 7. The van der Waals surface area contributed by atoms with Crippen molar-refractivity contribution in [2.45, 2.75) is 100 Å². The summed E-state index contributed by atoms with van der Waals surface area (Å²) in [6.07, 6.45) is -7.76. The third-order valence-electron chi connectivity index (χ3n) is 11.8. The number of carboxylic acid groups (broad SMARTS) is 1. The van der Waals surface area contributed by atoms with Gasteiger partial charge in [0.15, 0.2) is 29.1 Å². The van der Waals surface area contributed by atoms with Gasteiger partial charge in [-0.05, 0) is 68.1 Å². The molecular formula is C43H52N2O16. The number of nitrogens with two attached hydrogens (primary N) is 1. The van der Waals surface area contributed by atoms with Crippen molar-refractivity contribution in [3.63, 3.8) is 0 Å². The first kappa shape index (κ1) is 42.8. The normalized spacial score (nSPS) is 28.9. The standard InChI is InChI=1S/C43H52N2O16/c1-20(2)9-28-38-26(12-32-40(28)58-36(16-46)56-32)29-18-53-30-11-25-24(21-5-4-6-23(47)10-21)7-8-43(61-60-31(25)13-27(30)39(29)59-38)41(52)37(51)33(19-54-35(50)14-34(48)49)57-42(43)55-17-22(44)15-45-3/h4-6,10-13,20,22,24,29,33,36-37,39,41-42,45-47,51-52H,7-9,14-19,44H2,1-3H3,(H,48,49)/t22-,24-,29+,33+,36-,37+,39+,41-,42+,43+/m0/s1. The van der Waals surface area contributed by atoms with E-state index in [0.717, 1.165) is 11.1 Å². The molecule has 61 heavy (non-hydrogen) atoms. The molecule has 5 heterocycles. The SMILES string of the molecule is CNC[C@H](N)CO[C@@H]1O[C@H](COC(=O)CC(=O)O)[C@@H](O)[C@H](O)[C@]12CC[C@@H](c1cccc(O)c1)c1cc3c(cc1OO2)[C@H]1Oc2c(cc4c(c2CC(C)C)O[C@@H](CO)O4)[C@H]1CO3. The summed E-state index contributed by atoms with van der Waals surface area (Å²) in [4.78, 5) is 35.8. The Hall–Kier alpha value is -4.92. The van der Waals surface area contributed by atoms with Gasteiger partial charge in [0.05, 0.1) is 19.1 Å². The molecule has 18 heteroatoms. The van der Waals surface area contributed by atoms with Crippen LogP contribution in [0.3, 0.4) is 0 Å². The van der Waals surface area contributed by atoms with E-state index in [9.17, 15) is 30.0 Å². The molecule has 1 saturated heterocycles. The molecule has 1 fully saturated rings. The molecule has 330 valence electrons. The van der Waals surface area contributed by atoms with Gasteiger partial charge in [-0.2, -0.15) is 4.89 Å². The van der Waals surface area contributed by atoms with E-state index in [0.29, 0.717) is 52.7 Å². The monoisotopic (exact) mass is 852 g/mol. The van der Waals surface area contributed by atoms with Gasteiger partial charge in [0.25, 0.3) is 6.29 Å². The Balaban J connectivity index is 1.16. The number of phenols is 1. The molecule has 5 aliphatic rings. The second-order valence-corrected chi connectivity index (χ2v) is 16.6. The van der Waals surface area contributed by atoms with Crippen LogP contribution in [-0.2, 0) is 35.1 Å². The van der Waals surface area contributed by atoms with Crippen LogP contribution in [0.5, 0.6) is 34.5 Å². The summed E-state index contributed by atoms with van der Waals surface area (Å²) < 4.78 is 42.8. The quantitative estimate of drug-likeness (QED) is 0.0740. The summed E-state index contributed by atoms with van der Waals surface area (Å²) in [6, 6.07) is 11.7. The highest BCUT2D eigenvalue weighted by Gasteiger charge is 2.60. The smallest absolute Gasteiger partial charge is 0.317 e. The topological polar surface area (TPSA) is 256 Å². The van der Waals surface area contributed by atoms with E-state index in [1.807, 2.05) is 18.2 Å². The number of phenolic OH excluding ortho intramolecular Hbond substituents is 1. The first-order valence-corrected chi connectivity index (χ1v) is 20.5. The van der Waals surface area contributed by atoms with Gasteiger partial charge in [-0.3, -0.25) is 9.59 Å². The maximum Gasteiger partial charge on any atom is 0.317 e. The minimum atomic E-state index is -1.92. The molecule has 0 aliphatic carbocycles. The molecule has 1 spiro atoms. The van der Waals surface area contributed by atoms with E-state index in [1.54, 1.807) is 31.3 Å². The Kier molecular flexibility index (Phi) is 12.2. The van der Waals surface area contributed by atoms with Crippen molar-refractivity contribution < 1.29 is 78.1 Å². The second-order valence-electron chi connectivity index (χ2n) is 16.6. The van der Waals surface area contributed by atoms with E-state index >= 15 is 0 Å². The predicted molar refractivity (Wildman–Crippen MR) is 211 cm³/mol. The molecule has 3 aromatic carbocycles. The number of hydrogen-bond acceptors (Lipinski definition) is 17. The summed E-state index contributed by atoms with van der Waals surface area (Å²) in [5, 5.41) is 56.0. The summed E-state index contributed by atoms with van der Waals surface area (Å²) in [6.45, 7) is 3.82. The van der Waals surface area contributed by atoms with Crippen molar-refractivity contribution in [2.24, 2.45) is 11.7 Å². The van der Waals surface area contributed by atoms with Crippen molar-refractivity contribution in [1.82, 2.24) is 5.32 Å². The minimum absolute atomic E-state index is 0.0287. The third kappa shape index (κ3) is 8.26. The molecule has 5 aliphatic heterocycles. The molecule has 0 bridgehead atoms. The van der Waals surface area contributed by atoms with Crippen LogP contribution in [0.2, 0.25) is 0 Å². The molecule has 0 unspecified atom stereocenters. The van der Waals surface area contributed by atoms with E-state index in [1.165, 1.54) is 0 Å². The fourth-order valence-electron chi connectivity index (χ4n) is 8.91. The number of rotatable bonds is 13. The highest BCUT2D eigenvalue weighted by atomic mass is 17.2. The molecule has 0 radical (unpaired) electrons. The fraction of sp³-hybridized carbons (Fsp3) is 0.535. The number of likely N-dealkylation sites (N-methyl/N-ethyl adjacent to an activating group) is 1. The number of aliphatic hydroxyl groups excluding tert-OH is 3. The lowest BCUT2D eigenvalue weighted by atomic mass is 9.77. The molecule has 18 nitrogen and oxygen atoms in total. The molecule has 0 amide bonds. The molecular weight excluding hydrogens is 800 g/mol. The van der Waals surface area contributed by atoms with Gasteiger partial charge in [-0.1, -0.05) is 26.0 Å². The van der Waals surface area contributed by atoms with Crippen LogP contribution in [-0.4, -0.2) is 120 Å². The average molecular weight is 853 g/mol. The van der Waals surface area contributed by atoms with Gasteiger partial charge in [0, 0.05) is 40.8 Å². The number of carbonyl (C=O) groups is 2. The van der Waals surface area contributed by atoms with E-state index in [2.05, 4.69) is 19.2 Å². The largest absolute Gasteiger partial charge is 0.508 e. The van der Waals surface area contributed by atoms with Gasteiger partial charge < -0.3 is 74.6 Å². The Morgan fingerprint density at radius 1 is 1.02 bits per heavy atom. The fourth-order valence-corrected chi connectivity index (χ4v) is 8.91. The van der Waals surface area contributed by atoms with Crippen molar-refractivity contribution in [1.29, 1.82) is 0 Å². The number of nitrogens with one attached hydrogen (secondary N) is 1. The highest BCUT2D eigenvalue weighted by Crippen LogP contribution is 2.59. The van der Waals surface area contributed by atoms with Crippen LogP contribution in [0.25, 0.3) is 0 Å². The number of hydrogen-bond donors (Lipinski definition) is 7. The van der Waals surface area contributed by atoms with Crippen LogP contribution < -0.4 is 34.9 Å². The zero-order valence-corrected chi connectivity index (χ0v) is 34.0. The van der Waals surface area contributed by atoms with Crippen molar-refractivity contribution >= 4 is 11.9 Å². The van der Waals surface area contributed by atoms with Gasteiger partial charge in [0.1, 0.15) is 61.3 Å². The second kappa shape index (κ2) is 17.5. The zero-order chi connectivity index (χ0) is 43.2. The Morgan fingerprint density at radius 2 is 1.80 bits per heavy atom.